The molecule has 1 unspecified atom stereocenters. The second kappa shape index (κ2) is 9.34. The van der Waals surface area contributed by atoms with Gasteiger partial charge in [0.1, 0.15) is 17.3 Å². The van der Waals surface area contributed by atoms with Crippen molar-refractivity contribution >= 4 is 34.7 Å². The highest BCUT2D eigenvalue weighted by Crippen LogP contribution is 2.43. The summed E-state index contributed by atoms with van der Waals surface area (Å²) in [6, 6.07) is 14.1. The van der Waals surface area contributed by atoms with Crippen LogP contribution in [0.5, 0.6) is 11.5 Å². The van der Waals surface area contributed by atoms with Crippen molar-refractivity contribution in [2.24, 2.45) is 0 Å². The lowest BCUT2D eigenvalue weighted by atomic mass is 9.96. The second-order valence-corrected chi connectivity index (χ2v) is 7.64. The highest BCUT2D eigenvalue weighted by molar-refractivity contribution is 6.52. The van der Waals surface area contributed by atoms with Crippen molar-refractivity contribution in [2.75, 3.05) is 18.6 Å². The van der Waals surface area contributed by atoms with E-state index in [1.807, 2.05) is 6.92 Å². The molecule has 1 saturated heterocycles. The van der Waals surface area contributed by atoms with Crippen molar-refractivity contribution in [2.45, 2.75) is 13.0 Å². The molecule has 1 aliphatic heterocycles. The van der Waals surface area contributed by atoms with Gasteiger partial charge in [-0.3, -0.25) is 19.5 Å². The average Bonchev–Trinajstić information content (AvgIpc) is 3.11. The Morgan fingerprint density at radius 2 is 1.85 bits per heavy atom. The van der Waals surface area contributed by atoms with Crippen molar-refractivity contribution in [3.63, 3.8) is 0 Å². The van der Waals surface area contributed by atoms with E-state index in [4.69, 9.17) is 21.1 Å². The van der Waals surface area contributed by atoms with E-state index in [-0.39, 0.29) is 21.9 Å². The van der Waals surface area contributed by atoms with Crippen molar-refractivity contribution < 1.29 is 24.2 Å². The van der Waals surface area contributed by atoms with Gasteiger partial charge in [-0.1, -0.05) is 17.7 Å². The van der Waals surface area contributed by atoms with Crippen molar-refractivity contribution in [3.05, 3.63) is 88.7 Å². The number of ketones is 1. The van der Waals surface area contributed by atoms with Crippen LogP contribution in [0.4, 0.5) is 5.69 Å². The molecule has 0 saturated carbocycles. The number of hydrogen-bond donors (Lipinski definition) is 1. The minimum atomic E-state index is -0.904. The minimum Gasteiger partial charge on any atom is -0.507 e. The summed E-state index contributed by atoms with van der Waals surface area (Å²) in [4.78, 5) is 31.8. The lowest BCUT2D eigenvalue weighted by Crippen LogP contribution is -2.29. The van der Waals surface area contributed by atoms with Gasteiger partial charge in [-0.25, -0.2) is 0 Å². The molecule has 1 fully saturated rings. The summed E-state index contributed by atoms with van der Waals surface area (Å²) in [6.45, 7) is 2.25. The number of methoxy groups -OCH3 is 1. The number of benzene rings is 2. The molecular weight excluding hydrogens is 444 g/mol. The molecule has 2 heterocycles. The molecule has 7 nitrogen and oxygen atoms in total. The van der Waals surface area contributed by atoms with Gasteiger partial charge in [0.15, 0.2) is 0 Å². The Kier molecular flexibility index (Phi) is 6.33. The molecule has 2 aromatic carbocycles. The molecule has 1 N–H and O–H groups in total. The molecule has 1 aromatic heterocycles. The second-order valence-electron chi connectivity index (χ2n) is 7.23. The lowest BCUT2D eigenvalue weighted by molar-refractivity contribution is -0.132. The maximum absolute atomic E-state index is 13.2. The number of pyridine rings is 1. The summed E-state index contributed by atoms with van der Waals surface area (Å²) in [5.74, 6) is -0.897. The van der Waals surface area contributed by atoms with Gasteiger partial charge >= 0.3 is 0 Å². The van der Waals surface area contributed by atoms with E-state index in [1.54, 1.807) is 67.0 Å². The van der Waals surface area contributed by atoms with Crippen LogP contribution in [0.3, 0.4) is 0 Å². The zero-order valence-corrected chi connectivity index (χ0v) is 18.7. The van der Waals surface area contributed by atoms with E-state index < -0.39 is 17.7 Å². The summed E-state index contributed by atoms with van der Waals surface area (Å²) in [5, 5.41) is 11.5. The number of Topliss-reactive ketones (excluding diaryl/α,β-unsaturated/α-hetero) is 1. The standard InChI is InChI=1S/C25H21ClN2O5/c1-3-33-18-10-11-20(26)19(13-18)23(29)21-22(15-5-4-12-27-14-15)28(25(31)24(21)30)16-6-8-17(32-2)9-7-16/h4-14,22,29H,3H2,1-2H3/b23-21+. The topological polar surface area (TPSA) is 89.0 Å². The Labute approximate surface area is 195 Å². The molecule has 168 valence electrons. The molecule has 1 aliphatic rings. The Morgan fingerprint density at radius 1 is 1.12 bits per heavy atom. The van der Waals surface area contributed by atoms with E-state index in [2.05, 4.69) is 4.98 Å². The van der Waals surface area contributed by atoms with Gasteiger partial charge in [0.2, 0.25) is 0 Å². The number of nitrogens with zero attached hydrogens (tertiary/aromatic N) is 2. The fraction of sp³-hybridized carbons (Fsp3) is 0.160. The summed E-state index contributed by atoms with van der Waals surface area (Å²) in [6.07, 6.45) is 3.14. The number of hydrogen-bond acceptors (Lipinski definition) is 6. The maximum atomic E-state index is 13.2. The Bertz CT molecular complexity index is 1230. The van der Waals surface area contributed by atoms with Crippen LogP contribution in [0.1, 0.15) is 24.1 Å². The molecule has 0 bridgehead atoms. The fourth-order valence-corrected chi connectivity index (χ4v) is 3.99. The van der Waals surface area contributed by atoms with Crippen LogP contribution in [0, 0.1) is 0 Å². The zero-order chi connectivity index (χ0) is 23.5. The van der Waals surface area contributed by atoms with Gasteiger partial charge in [0.05, 0.1) is 30.4 Å². The van der Waals surface area contributed by atoms with Crippen LogP contribution in [0.2, 0.25) is 5.02 Å². The van der Waals surface area contributed by atoms with E-state index in [1.165, 1.54) is 12.0 Å². The number of anilines is 1. The fourth-order valence-electron chi connectivity index (χ4n) is 3.78. The van der Waals surface area contributed by atoms with Crippen LogP contribution >= 0.6 is 11.6 Å². The number of aliphatic hydroxyl groups excluding tert-OH is 1. The number of carbonyl (C=O) groups excluding carboxylic acids is 2. The summed E-state index contributed by atoms with van der Waals surface area (Å²) < 4.78 is 10.7. The summed E-state index contributed by atoms with van der Waals surface area (Å²) in [5.41, 5.74) is 1.15. The highest BCUT2D eigenvalue weighted by atomic mass is 35.5. The SMILES string of the molecule is CCOc1ccc(Cl)c(/C(O)=C2\C(=O)C(=O)N(c3ccc(OC)cc3)C2c2cccnc2)c1. The van der Waals surface area contributed by atoms with Crippen LogP contribution in [-0.2, 0) is 9.59 Å². The van der Waals surface area contributed by atoms with Gasteiger partial charge in [-0.05, 0) is 61.0 Å². The van der Waals surface area contributed by atoms with E-state index in [0.29, 0.717) is 29.4 Å². The number of aromatic nitrogens is 1. The molecule has 33 heavy (non-hydrogen) atoms. The number of rotatable bonds is 6. The molecule has 3 aromatic rings. The summed E-state index contributed by atoms with van der Waals surface area (Å²) >= 11 is 6.35. The maximum Gasteiger partial charge on any atom is 0.300 e. The highest BCUT2D eigenvalue weighted by Gasteiger charge is 2.47. The normalized spacial score (nSPS) is 17.3. The summed E-state index contributed by atoms with van der Waals surface area (Å²) in [7, 11) is 1.54. The van der Waals surface area contributed by atoms with Gasteiger partial charge in [0.25, 0.3) is 11.7 Å². The first kappa shape index (κ1) is 22.4. The molecular formula is C25H21ClN2O5. The van der Waals surface area contributed by atoms with Crippen LogP contribution in [0.25, 0.3) is 5.76 Å². The van der Waals surface area contributed by atoms with Crippen molar-refractivity contribution in [3.8, 4) is 11.5 Å². The van der Waals surface area contributed by atoms with Gasteiger partial charge in [0, 0.05) is 23.6 Å². The third kappa shape index (κ3) is 4.15. The predicted octanol–water partition coefficient (Wildman–Crippen LogP) is 4.77. The van der Waals surface area contributed by atoms with E-state index in [0.717, 1.165) is 0 Å². The number of halogens is 1. The minimum absolute atomic E-state index is 0.0839. The zero-order valence-electron chi connectivity index (χ0n) is 18.0. The first-order chi connectivity index (χ1) is 16.0. The molecule has 0 spiro atoms. The quantitative estimate of drug-likeness (QED) is 0.321. The number of ether oxygens (including phenoxy) is 2. The monoisotopic (exact) mass is 464 g/mol. The number of amides is 1. The van der Waals surface area contributed by atoms with E-state index in [9.17, 15) is 14.7 Å². The van der Waals surface area contributed by atoms with Crippen LogP contribution < -0.4 is 14.4 Å². The van der Waals surface area contributed by atoms with Gasteiger partial charge < -0.3 is 14.6 Å². The van der Waals surface area contributed by atoms with Crippen molar-refractivity contribution in [1.82, 2.24) is 4.98 Å². The number of aliphatic hydroxyl groups is 1. The van der Waals surface area contributed by atoms with Gasteiger partial charge in [-0.15, -0.1) is 0 Å². The Morgan fingerprint density at radius 3 is 2.48 bits per heavy atom. The van der Waals surface area contributed by atoms with Gasteiger partial charge in [-0.2, -0.15) is 0 Å². The molecule has 8 heteroatoms. The molecule has 1 amide bonds. The molecule has 4 rings (SSSR count). The van der Waals surface area contributed by atoms with E-state index >= 15 is 0 Å². The molecule has 0 aliphatic carbocycles. The first-order valence-electron chi connectivity index (χ1n) is 10.2. The number of carbonyl (C=O) groups is 2. The first-order valence-corrected chi connectivity index (χ1v) is 10.6. The predicted molar refractivity (Wildman–Crippen MR) is 125 cm³/mol. The smallest absolute Gasteiger partial charge is 0.300 e. The largest absolute Gasteiger partial charge is 0.507 e. The Balaban J connectivity index is 1.92. The third-order valence-electron chi connectivity index (χ3n) is 5.30. The van der Waals surface area contributed by atoms with Crippen molar-refractivity contribution in [1.29, 1.82) is 0 Å². The average molecular weight is 465 g/mol. The lowest BCUT2D eigenvalue weighted by Gasteiger charge is -2.25. The molecule has 1 atom stereocenters. The third-order valence-corrected chi connectivity index (χ3v) is 5.63. The Hall–Kier alpha value is -3.84. The van der Waals surface area contributed by atoms with Crippen LogP contribution in [-0.4, -0.2) is 35.5 Å². The molecule has 0 radical (unpaired) electrons. The van der Waals surface area contributed by atoms with Crippen LogP contribution in [0.15, 0.2) is 72.6 Å².